The molecule has 0 aliphatic heterocycles. The minimum absolute atomic E-state index is 0.0101. The Labute approximate surface area is 121 Å². The van der Waals surface area contributed by atoms with E-state index in [1.54, 1.807) is 12.1 Å². The highest BCUT2D eigenvalue weighted by Crippen LogP contribution is 2.19. The number of hydrogen-bond acceptors (Lipinski definition) is 3. The highest BCUT2D eigenvalue weighted by molar-refractivity contribution is 9.10. The van der Waals surface area contributed by atoms with Crippen LogP contribution in [0.3, 0.4) is 0 Å². The third kappa shape index (κ3) is 4.67. The number of carbonyl (C=O) groups excluding carboxylic acids is 2. The van der Waals surface area contributed by atoms with Gasteiger partial charge in [-0.1, -0.05) is 20.8 Å². The first-order chi connectivity index (χ1) is 8.74. The molecule has 104 valence electrons. The lowest BCUT2D eigenvalue weighted by Crippen LogP contribution is -2.32. The van der Waals surface area contributed by atoms with Gasteiger partial charge in [0.2, 0.25) is 0 Å². The van der Waals surface area contributed by atoms with E-state index in [0.29, 0.717) is 22.1 Å². The maximum atomic E-state index is 12.0. The molecule has 0 aromatic heterocycles. The van der Waals surface area contributed by atoms with Crippen LogP contribution in [0, 0.1) is 5.41 Å². The third-order valence-electron chi connectivity index (χ3n) is 2.41. The number of ether oxygens (including phenoxy) is 1. The van der Waals surface area contributed by atoms with Gasteiger partial charge in [0.25, 0.3) is 5.91 Å². The van der Waals surface area contributed by atoms with Crippen LogP contribution < -0.4 is 5.32 Å². The zero-order chi connectivity index (χ0) is 14.6. The van der Waals surface area contributed by atoms with Crippen molar-refractivity contribution in [1.82, 2.24) is 5.32 Å². The first-order valence-corrected chi connectivity index (χ1v) is 6.70. The van der Waals surface area contributed by atoms with Gasteiger partial charge in [0.1, 0.15) is 0 Å². The van der Waals surface area contributed by atoms with E-state index in [-0.39, 0.29) is 11.3 Å². The summed E-state index contributed by atoms with van der Waals surface area (Å²) >= 11 is 3.26. The monoisotopic (exact) mass is 327 g/mol. The van der Waals surface area contributed by atoms with Crippen molar-refractivity contribution in [3.63, 3.8) is 0 Å². The second-order valence-corrected chi connectivity index (χ2v) is 6.28. The van der Waals surface area contributed by atoms with Crippen molar-refractivity contribution < 1.29 is 14.3 Å². The molecule has 1 aromatic rings. The highest BCUT2D eigenvalue weighted by atomic mass is 79.9. The number of esters is 1. The van der Waals surface area contributed by atoms with Crippen molar-refractivity contribution in [2.75, 3.05) is 13.7 Å². The van der Waals surface area contributed by atoms with Crippen LogP contribution in [-0.2, 0) is 4.74 Å². The Morgan fingerprint density at radius 3 is 2.47 bits per heavy atom. The van der Waals surface area contributed by atoms with E-state index in [1.165, 1.54) is 13.2 Å². The number of hydrogen-bond donors (Lipinski definition) is 1. The molecule has 1 N–H and O–H groups in total. The summed E-state index contributed by atoms with van der Waals surface area (Å²) in [6.07, 6.45) is 0. The Kier molecular flexibility index (Phi) is 5.11. The molecule has 0 fully saturated rings. The van der Waals surface area contributed by atoms with Crippen LogP contribution in [0.15, 0.2) is 22.7 Å². The first kappa shape index (κ1) is 15.7. The Morgan fingerprint density at radius 1 is 1.32 bits per heavy atom. The second-order valence-electron chi connectivity index (χ2n) is 5.43. The Hall–Kier alpha value is -1.36. The molecule has 0 atom stereocenters. The van der Waals surface area contributed by atoms with Crippen LogP contribution in [0.5, 0.6) is 0 Å². The van der Waals surface area contributed by atoms with E-state index in [0.717, 1.165) is 0 Å². The summed E-state index contributed by atoms with van der Waals surface area (Å²) in [4.78, 5) is 23.5. The van der Waals surface area contributed by atoms with Gasteiger partial charge in [-0.3, -0.25) is 4.79 Å². The smallest absolute Gasteiger partial charge is 0.339 e. The van der Waals surface area contributed by atoms with E-state index in [2.05, 4.69) is 26.0 Å². The van der Waals surface area contributed by atoms with Gasteiger partial charge in [0.15, 0.2) is 0 Å². The van der Waals surface area contributed by atoms with E-state index < -0.39 is 5.97 Å². The molecule has 0 bridgehead atoms. The van der Waals surface area contributed by atoms with Gasteiger partial charge in [0.05, 0.1) is 12.7 Å². The quantitative estimate of drug-likeness (QED) is 0.868. The van der Waals surface area contributed by atoms with Gasteiger partial charge in [-0.2, -0.15) is 0 Å². The standard InChI is InChI=1S/C14H18BrNO3/c1-14(2,3)8-16-12(17)9-5-6-11(15)10(7-9)13(18)19-4/h5-7H,8H2,1-4H3,(H,16,17). The van der Waals surface area contributed by atoms with E-state index >= 15 is 0 Å². The van der Waals surface area contributed by atoms with Crippen molar-refractivity contribution in [3.8, 4) is 0 Å². The lowest BCUT2D eigenvalue weighted by molar-refractivity contribution is 0.0599. The maximum Gasteiger partial charge on any atom is 0.339 e. The maximum absolute atomic E-state index is 12.0. The van der Waals surface area contributed by atoms with Crippen molar-refractivity contribution in [3.05, 3.63) is 33.8 Å². The fourth-order valence-electron chi connectivity index (χ4n) is 1.38. The Balaban J connectivity index is 2.90. The molecule has 0 saturated carbocycles. The highest BCUT2D eigenvalue weighted by Gasteiger charge is 2.16. The topological polar surface area (TPSA) is 55.4 Å². The van der Waals surface area contributed by atoms with E-state index in [1.807, 2.05) is 20.8 Å². The second kappa shape index (κ2) is 6.19. The molecule has 19 heavy (non-hydrogen) atoms. The minimum atomic E-state index is -0.475. The summed E-state index contributed by atoms with van der Waals surface area (Å²) in [6.45, 7) is 6.67. The number of halogens is 1. The summed E-state index contributed by atoms with van der Waals surface area (Å²) in [6, 6.07) is 4.85. The fraction of sp³-hybridized carbons (Fsp3) is 0.429. The lowest BCUT2D eigenvalue weighted by atomic mass is 9.97. The lowest BCUT2D eigenvalue weighted by Gasteiger charge is -2.18. The average Bonchev–Trinajstić information content (AvgIpc) is 2.34. The van der Waals surface area contributed by atoms with Crippen molar-refractivity contribution in [2.45, 2.75) is 20.8 Å². The summed E-state index contributed by atoms with van der Waals surface area (Å²) in [7, 11) is 1.31. The number of benzene rings is 1. The van der Waals surface area contributed by atoms with Gasteiger partial charge in [-0.05, 0) is 39.5 Å². The predicted octanol–water partition coefficient (Wildman–Crippen LogP) is 3.01. The molecule has 0 aliphatic rings. The van der Waals surface area contributed by atoms with Crippen LogP contribution in [0.25, 0.3) is 0 Å². The summed E-state index contributed by atoms with van der Waals surface area (Å²) in [5.41, 5.74) is 0.787. The Morgan fingerprint density at radius 2 is 1.95 bits per heavy atom. The zero-order valence-electron chi connectivity index (χ0n) is 11.5. The number of methoxy groups -OCH3 is 1. The summed E-state index contributed by atoms with van der Waals surface area (Å²) in [5, 5.41) is 2.84. The third-order valence-corrected chi connectivity index (χ3v) is 3.10. The van der Waals surface area contributed by atoms with Crippen molar-refractivity contribution in [2.24, 2.45) is 5.41 Å². The predicted molar refractivity (Wildman–Crippen MR) is 77.3 cm³/mol. The van der Waals surface area contributed by atoms with Crippen LogP contribution in [-0.4, -0.2) is 25.5 Å². The molecule has 0 aliphatic carbocycles. The molecule has 0 heterocycles. The molecule has 4 nitrogen and oxygen atoms in total. The van der Waals surface area contributed by atoms with Gasteiger partial charge in [-0.15, -0.1) is 0 Å². The molecule has 0 unspecified atom stereocenters. The van der Waals surface area contributed by atoms with Gasteiger partial charge >= 0.3 is 5.97 Å². The number of carbonyl (C=O) groups is 2. The molecule has 0 radical (unpaired) electrons. The van der Waals surface area contributed by atoms with Crippen LogP contribution in [0.2, 0.25) is 0 Å². The molecule has 0 spiro atoms. The molecule has 5 heteroatoms. The zero-order valence-corrected chi connectivity index (χ0v) is 13.1. The van der Waals surface area contributed by atoms with Crippen LogP contribution in [0.4, 0.5) is 0 Å². The molecule has 1 aromatic carbocycles. The minimum Gasteiger partial charge on any atom is -0.465 e. The van der Waals surface area contributed by atoms with E-state index in [4.69, 9.17) is 0 Å². The van der Waals surface area contributed by atoms with Gasteiger partial charge in [-0.25, -0.2) is 4.79 Å². The largest absolute Gasteiger partial charge is 0.465 e. The number of nitrogens with one attached hydrogen (secondary N) is 1. The number of rotatable bonds is 3. The van der Waals surface area contributed by atoms with Crippen LogP contribution in [0.1, 0.15) is 41.5 Å². The van der Waals surface area contributed by atoms with Gasteiger partial charge in [0, 0.05) is 16.6 Å². The van der Waals surface area contributed by atoms with Gasteiger partial charge < -0.3 is 10.1 Å². The Bertz CT molecular complexity index is 492. The summed E-state index contributed by atoms with van der Waals surface area (Å²) in [5.74, 6) is -0.676. The summed E-state index contributed by atoms with van der Waals surface area (Å²) < 4.78 is 5.27. The first-order valence-electron chi connectivity index (χ1n) is 5.90. The molecule has 1 amide bonds. The average molecular weight is 328 g/mol. The fourth-order valence-corrected chi connectivity index (χ4v) is 1.79. The SMILES string of the molecule is COC(=O)c1cc(C(=O)NCC(C)(C)C)ccc1Br. The molecular formula is C14H18BrNO3. The van der Waals surface area contributed by atoms with Crippen LogP contribution >= 0.6 is 15.9 Å². The van der Waals surface area contributed by atoms with Crippen molar-refractivity contribution in [1.29, 1.82) is 0 Å². The normalized spacial score (nSPS) is 11.0. The molecule has 1 rings (SSSR count). The van der Waals surface area contributed by atoms with Crippen molar-refractivity contribution >= 4 is 27.8 Å². The van der Waals surface area contributed by atoms with E-state index in [9.17, 15) is 9.59 Å². The molecule has 0 saturated heterocycles. The molecular weight excluding hydrogens is 310 g/mol. The number of amides is 1.